The Morgan fingerprint density at radius 2 is 1.90 bits per heavy atom. The number of hydrogen-bond donors (Lipinski definition) is 2. The Morgan fingerprint density at radius 1 is 1.13 bits per heavy atom. The average molecular weight is 403 g/mol. The number of nitrogens with zero attached hydrogens (tertiary/aromatic N) is 2. The normalized spacial score (nSPS) is 10.8. The first kappa shape index (κ1) is 20.0. The van der Waals surface area contributed by atoms with Gasteiger partial charge < -0.3 is 14.8 Å². The molecule has 0 unspecified atom stereocenters. The zero-order chi connectivity index (χ0) is 21.7. The van der Waals surface area contributed by atoms with Gasteiger partial charge in [0.2, 0.25) is 0 Å². The Hall–Kier alpha value is -4.71. The molecule has 0 aliphatic heterocycles. The molecule has 0 aliphatic carbocycles. The molecule has 1 heterocycles. The summed E-state index contributed by atoms with van der Waals surface area (Å²) in [6.45, 7) is 0. The fourth-order valence-electron chi connectivity index (χ4n) is 2.65. The second kappa shape index (κ2) is 8.53. The van der Waals surface area contributed by atoms with Gasteiger partial charge in [0.05, 0.1) is 10.5 Å². The molecule has 148 valence electrons. The van der Waals surface area contributed by atoms with Gasteiger partial charge in [0.25, 0.3) is 11.6 Å². The molecule has 2 aromatic carbocycles. The number of carbonyl (C=O) groups excluding carboxylic acids is 1. The third-order valence-corrected chi connectivity index (χ3v) is 4.02. The Labute approximate surface area is 169 Å². The number of nitro groups is 1. The number of amides is 1. The summed E-state index contributed by atoms with van der Waals surface area (Å²) in [5, 5.41) is 31.9. The van der Waals surface area contributed by atoms with E-state index in [4.69, 9.17) is 4.42 Å². The minimum atomic E-state index is -1.12. The molecule has 2 N–H and O–H groups in total. The Kier molecular flexibility index (Phi) is 5.70. The summed E-state index contributed by atoms with van der Waals surface area (Å²) in [5.74, 6) is -1.47. The largest absolute Gasteiger partial charge is 0.478 e. The quantitative estimate of drug-likeness (QED) is 0.272. The van der Waals surface area contributed by atoms with Gasteiger partial charge in [-0.1, -0.05) is 24.3 Å². The number of furan rings is 1. The Balaban J connectivity index is 1.85. The molecule has 9 nitrogen and oxygen atoms in total. The van der Waals surface area contributed by atoms with Crippen molar-refractivity contribution in [2.24, 2.45) is 0 Å². The van der Waals surface area contributed by atoms with Crippen molar-refractivity contribution in [3.63, 3.8) is 0 Å². The number of rotatable bonds is 6. The van der Waals surface area contributed by atoms with E-state index < -0.39 is 16.8 Å². The van der Waals surface area contributed by atoms with Crippen LogP contribution in [-0.2, 0) is 4.79 Å². The summed E-state index contributed by atoms with van der Waals surface area (Å²) >= 11 is 0. The van der Waals surface area contributed by atoms with Gasteiger partial charge in [0, 0.05) is 29.5 Å². The van der Waals surface area contributed by atoms with Crippen LogP contribution in [0.1, 0.15) is 16.1 Å². The molecule has 0 aliphatic rings. The van der Waals surface area contributed by atoms with Gasteiger partial charge in [-0.15, -0.1) is 0 Å². The van der Waals surface area contributed by atoms with Gasteiger partial charge in [-0.2, -0.15) is 5.26 Å². The van der Waals surface area contributed by atoms with E-state index in [1.54, 1.807) is 24.3 Å². The van der Waals surface area contributed by atoms with E-state index in [9.17, 15) is 30.1 Å². The topological polar surface area (TPSA) is 146 Å². The summed E-state index contributed by atoms with van der Waals surface area (Å²) in [6.07, 6.45) is 1.19. The molecular weight excluding hydrogens is 390 g/mol. The second-order valence-corrected chi connectivity index (χ2v) is 5.98. The molecule has 9 heteroatoms. The predicted molar refractivity (Wildman–Crippen MR) is 106 cm³/mol. The molecular formula is C21H13N3O6. The predicted octanol–water partition coefficient (Wildman–Crippen LogP) is 4.10. The number of carboxylic acids is 1. The molecule has 0 bridgehead atoms. The number of nitrogens with one attached hydrogen (secondary N) is 1. The molecule has 3 aromatic rings. The number of hydrogen-bond acceptors (Lipinski definition) is 6. The second-order valence-electron chi connectivity index (χ2n) is 5.98. The van der Waals surface area contributed by atoms with Gasteiger partial charge >= 0.3 is 5.97 Å². The third-order valence-electron chi connectivity index (χ3n) is 4.02. The highest BCUT2D eigenvalue weighted by Gasteiger charge is 2.16. The number of nitro benzene ring substituents is 1. The summed E-state index contributed by atoms with van der Waals surface area (Å²) < 4.78 is 5.58. The van der Waals surface area contributed by atoms with Crippen molar-refractivity contribution in [1.29, 1.82) is 5.26 Å². The van der Waals surface area contributed by atoms with E-state index in [-0.39, 0.29) is 34.0 Å². The SMILES string of the molecule is N#C/C(=C\c1ccc(-c2ccccc2C(=O)O)o1)C(=O)Nc1cccc([N+](=O)[O-])c1. The lowest BCUT2D eigenvalue weighted by Crippen LogP contribution is -2.13. The maximum atomic E-state index is 12.4. The molecule has 0 radical (unpaired) electrons. The van der Waals surface area contributed by atoms with E-state index in [1.165, 1.54) is 48.5 Å². The maximum Gasteiger partial charge on any atom is 0.336 e. The number of non-ortho nitro benzene ring substituents is 1. The van der Waals surface area contributed by atoms with Crippen LogP contribution in [-0.4, -0.2) is 21.9 Å². The van der Waals surface area contributed by atoms with Crippen LogP contribution in [0.5, 0.6) is 0 Å². The first-order valence-electron chi connectivity index (χ1n) is 8.49. The van der Waals surface area contributed by atoms with Crippen molar-refractivity contribution in [1.82, 2.24) is 0 Å². The lowest BCUT2D eigenvalue weighted by atomic mass is 10.1. The average Bonchev–Trinajstić information content (AvgIpc) is 3.20. The van der Waals surface area contributed by atoms with Crippen molar-refractivity contribution in [2.75, 3.05) is 5.32 Å². The minimum Gasteiger partial charge on any atom is -0.478 e. The number of benzene rings is 2. The first-order valence-corrected chi connectivity index (χ1v) is 8.49. The van der Waals surface area contributed by atoms with Crippen LogP contribution in [0.15, 0.2) is 70.7 Å². The Morgan fingerprint density at radius 3 is 2.60 bits per heavy atom. The van der Waals surface area contributed by atoms with E-state index in [0.29, 0.717) is 5.56 Å². The van der Waals surface area contributed by atoms with Gasteiger partial charge in [0.1, 0.15) is 23.2 Å². The summed E-state index contributed by atoms with van der Waals surface area (Å²) in [7, 11) is 0. The minimum absolute atomic E-state index is 0.0475. The summed E-state index contributed by atoms with van der Waals surface area (Å²) in [5.41, 5.74) is 0.0540. The molecule has 3 rings (SSSR count). The zero-order valence-electron chi connectivity index (χ0n) is 15.2. The monoisotopic (exact) mass is 403 g/mol. The molecule has 0 saturated carbocycles. The Bertz CT molecular complexity index is 1220. The van der Waals surface area contributed by atoms with E-state index >= 15 is 0 Å². The van der Waals surface area contributed by atoms with E-state index in [0.717, 1.165) is 0 Å². The smallest absolute Gasteiger partial charge is 0.336 e. The number of nitriles is 1. The standard InChI is InChI=1S/C21H13N3O6/c22-12-13(20(25)23-14-4-3-5-15(11-14)24(28)29)10-16-8-9-19(30-16)17-6-1-2-7-18(17)21(26)27/h1-11H,(H,23,25)(H,26,27)/b13-10+. The number of carbonyl (C=O) groups is 2. The van der Waals surface area contributed by atoms with Gasteiger partial charge in [-0.3, -0.25) is 14.9 Å². The van der Waals surface area contributed by atoms with Crippen LogP contribution < -0.4 is 5.32 Å². The molecule has 0 atom stereocenters. The van der Waals surface area contributed by atoms with E-state index in [1.807, 2.05) is 0 Å². The molecule has 30 heavy (non-hydrogen) atoms. The molecule has 0 fully saturated rings. The van der Waals surface area contributed by atoms with Crippen molar-refractivity contribution in [3.8, 4) is 17.4 Å². The third kappa shape index (κ3) is 4.40. The summed E-state index contributed by atoms with van der Waals surface area (Å²) in [4.78, 5) is 34.0. The number of anilines is 1. The molecule has 0 spiro atoms. The van der Waals surface area contributed by atoms with Crippen LogP contribution in [0.25, 0.3) is 17.4 Å². The van der Waals surface area contributed by atoms with Crippen molar-refractivity contribution in [2.45, 2.75) is 0 Å². The van der Waals surface area contributed by atoms with Crippen molar-refractivity contribution < 1.29 is 24.0 Å². The van der Waals surface area contributed by atoms with Gasteiger partial charge in [-0.25, -0.2) is 4.79 Å². The van der Waals surface area contributed by atoms with Gasteiger partial charge in [-0.05, 0) is 24.3 Å². The first-order chi connectivity index (χ1) is 14.4. The van der Waals surface area contributed by atoms with Crippen molar-refractivity contribution >= 4 is 29.3 Å². The number of aromatic carboxylic acids is 1. The van der Waals surface area contributed by atoms with Gasteiger partial charge in [0.15, 0.2) is 0 Å². The van der Waals surface area contributed by atoms with Crippen LogP contribution >= 0.6 is 0 Å². The molecule has 1 aromatic heterocycles. The van der Waals surface area contributed by atoms with Crippen LogP contribution in [0.2, 0.25) is 0 Å². The highest BCUT2D eigenvalue weighted by molar-refractivity contribution is 6.09. The fourth-order valence-corrected chi connectivity index (χ4v) is 2.65. The lowest BCUT2D eigenvalue weighted by Gasteiger charge is -2.04. The zero-order valence-corrected chi connectivity index (χ0v) is 15.2. The highest BCUT2D eigenvalue weighted by atomic mass is 16.6. The highest BCUT2D eigenvalue weighted by Crippen LogP contribution is 2.27. The van der Waals surface area contributed by atoms with E-state index in [2.05, 4.69) is 5.32 Å². The van der Waals surface area contributed by atoms with Crippen LogP contribution in [0, 0.1) is 21.4 Å². The molecule has 0 saturated heterocycles. The lowest BCUT2D eigenvalue weighted by molar-refractivity contribution is -0.384. The molecule has 1 amide bonds. The summed E-state index contributed by atoms with van der Waals surface area (Å²) in [6, 6.07) is 16.3. The maximum absolute atomic E-state index is 12.4. The number of carboxylic acid groups (broad SMARTS) is 1. The van der Waals surface area contributed by atoms with Crippen LogP contribution in [0.3, 0.4) is 0 Å². The fraction of sp³-hybridized carbons (Fsp3) is 0. The van der Waals surface area contributed by atoms with Crippen molar-refractivity contribution in [3.05, 3.63) is 87.7 Å². The van der Waals surface area contributed by atoms with Crippen LogP contribution in [0.4, 0.5) is 11.4 Å².